The van der Waals surface area contributed by atoms with Crippen LogP contribution in [0.15, 0.2) is 52.8 Å². The molecule has 3 aromatic rings. The van der Waals surface area contributed by atoms with Gasteiger partial charge in [-0.3, -0.25) is 19.9 Å². The normalized spacial score (nSPS) is 11.4. The fourth-order valence-corrected chi connectivity index (χ4v) is 3.83. The standard InChI is InChI=1S/C21H15FN2O6S/c1-11(16-10-31-20(19(16)26)12-2-5-14(22)6-3-12)23-9-18(25)13-4-7-15(21(27)28)17(8-13)24(29)30/h2-8,10,26H,9H2,1H3,(H,27,28). The predicted octanol–water partition coefficient (Wildman–Crippen LogP) is 4.56. The first-order chi connectivity index (χ1) is 14.7. The van der Waals surface area contributed by atoms with Gasteiger partial charge in [-0.2, -0.15) is 0 Å². The van der Waals surface area contributed by atoms with Gasteiger partial charge >= 0.3 is 5.97 Å². The average molecular weight is 442 g/mol. The highest BCUT2D eigenvalue weighted by molar-refractivity contribution is 7.14. The van der Waals surface area contributed by atoms with Crippen molar-refractivity contribution in [2.24, 2.45) is 4.99 Å². The molecule has 158 valence electrons. The van der Waals surface area contributed by atoms with E-state index in [-0.39, 0.29) is 17.9 Å². The third kappa shape index (κ3) is 4.64. The first-order valence-electron chi connectivity index (χ1n) is 8.81. The van der Waals surface area contributed by atoms with E-state index in [4.69, 9.17) is 5.11 Å². The molecule has 0 aliphatic heterocycles. The molecule has 0 saturated carbocycles. The van der Waals surface area contributed by atoms with Crippen LogP contribution in [0.1, 0.15) is 33.2 Å². The Balaban J connectivity index is 1.82. The van der Waals surface area contributed by atoms with E-state index >= 15 is 0 Å². The summed E-state index contributed by atoms with van der Waals surface area (Å²) in [5.74, 6) is -2.46. The number of aromatic hydroxyl groups is 1. The van der Waals surface area contributed by atoms with Gasteiger partial charge in [0.05, 0.1) is 9.80 Å². The number of hydrogen-bond donors (Lipinski definition) is 2. The summed E-state index contributed by atoms with van der Waals surface area (Å²) in [6, 6.07) is 8.74. The summed E-state index contributed by atoms with van der Waals surface area (Å²) in [5.41, 5.74) is 0.160. The Morgan fingerprint density at radius 3 is 2.45 bits per heavy atom. The lowest BCUT2D eigenvalue weighted by molar-refractivity contribution is -0.385. The van der Waals surface area contributed by atoms with Crippen LogP contribution >= 0.6 is 11.3 Å². The summed E-state index contributed by atoms with van der Waals surface area (Å²) in [4.78, 5) is 38.4. The maximum Gasteiger partial charge on any atom is 0.342 e. The largest absolute Gasteiger partial charge is 0.506 e. The van der Waals surface area contributed by atoms with Crippen molar-refractivity contribution in [2.45, 2.75) is 6.92 Å². The number of rotatable bonds is 7. The maximum atomic E-state index is 13.1. The monoisotopic (exact) mass is 442 g/mol. The van der Waals surface area contributed by atoms with Crippen molar-refractivity contribution in [1.82, 2.24) is 0 Å². The van der Waals surface area contributed by atoms with Gasteiger partial charge in [0.25, 0.3) is 5.69 Å². The molecule has 0 fully saturated rings. The van der Waals surface area contributed by atoms with E-state index in [2.05, 4.69) is 4.99 Å². The smallest absolute Gasteiger partial charge is 0.342 e. The topological polar surface area (TPSA) is 130 Å². The molecule has 2 N–H and O–H groups in total. The second kappa shape index (κ2) is 8.84. The third-order valence-corrected chi connectivity index (χ3v) is 5.49. The van der Waals surface area contributed by atoms with Crippen LogP contribution in [0.5, 0.6) is 5.75 Å². The van der Waals surface area contributed by atoms with Gasteiger partial charge in [0.2, 0.25) is 0 Å². The molecule has 2 aromatic carbocycles. The number of carbonyl (C=O) groups excluding carboxylic acids is 1. The number of halogens is 1. The zero-order chi connectivity index (χ0) is 22.7. The van der Waals surface area contributed by atoms with Gasteiger partial charge in [-0.05, 0) is 36.8 Å². The molecule has 3 rings (SSSR count). The highest BCUT2D eigenvalue weighted by Crippen LogP contribution is 2.38. The number of aromatic carboxylic acids is 1. The van der Waals surface area contributed by atoms with Crippen LogP contribution in [-0.4, -0.2) is 39.1 Å². The number of Topliss-reactive ketones (excluding diaryl/α,β-unsaturated/α-hetero) is 1. The molecule has 1 heterocycles. The summed E-state index contributed by atoms with van der Waals surface area (Å²) in [7, 11) is 0. The Bertz CT molecular complexity index is 1220. The number of hydrogen-bond acceptors (Lipinski definition) is 7. The van der Waals surface area contributed by atoms with E-state index in [1.807, 2.05) is 0 Å². The van der Waals surface area contributed by atoms with E-state index in [0.717, 1.165) is 12.1 Å². The average Bonchev–Trinajstić information content (AvgIpc) is 3.13. The zero-order valence-electron chi connectivity index (χ0n) is 16.0. The lowest BCUT2D eigenvalue weighted by Gasteiger charge is -2.04. The molecule has 0 atom stereocenters. The number of benzene rings is 2. The highest BCUT2D eigenvalue weighted by atomic mass is 32.1. The van der Waals surface area contributed by atoms with Gasteiger partial charge in [-0.1, -0.05) is 12.1 Å². The first kappa shape index (κ1) is 21.8. The number of thiophene rings is 1. The number of carbonyl (C=O) groups is 2. The fraction of sp³-hybridized carbons (Fsp3) is 0.0952. The van der Waals surface area contributed by atoms with Crippen molar-refractivity contribution >= 4 is 34.5 Å². The molecular weight excluding hydrogens is 427 g/mol. The number of ketones is 1. The summed E-state index contributed by atoms with van der Waals surface area (Å²) in [6.45, 7) is 1.25. The number of carboxylic acids is 1. The zero-order valence-corrected chi connectivity index (χ0v) is 16.9. The lowest BCUT2D eigenvalue weighted by Crippen LogP contribution is -2.09. The van der Waals surface area contributed by atoms with Gasteiger partial charge in [-0.25, -0.2) is 9.18 Å². The van der Waals surface area contributed by atoms with Crippen molar-refractivity contribution in [1.29, 1.82) is 0 Å². The predicted molar refractivity (Wildman–Crippen MR) is 113 cm³/mol. The fourth-order valence-electron chi connectivity index (χ4n) is 2.82. The number of carboxylic acid groups (broad SMARTS) is 1. The summed E-state index contributed by atoms with van der Waals surface area (Å²) in [5, 5.41) is 32.3. The Labute approximate surface area is 179 Å². The van der Waals surface area contributed by atoms with Crippen LogP contribution in [0.3, 0.4) is 0 Å². The molecule has 31 heavy (non-hydrogen) atoms. The second-order valence-electron chi connectivity index (χ2n) is 6.45. The van der Waals surface area contributed by atoms with Crippen LogP contribution in [0.2, 0.25) is 0 Å². The van der Waals surface area contributed by atoms with Crippen LogP contribution in [0.4, 0.5) is 10.1 Å². The highest BCUT2D eigenvalue weighted by Gasteiger charge is 2.22. The van der Waals surface area contributed by atoms with Crippen molar-refractivity contribution in [2.75, 3.05) is 6.54 Å². The van der Waals surface area contributed by atoms with Gasteiger partial charge < -0.3 is 10.2 Å². The molecule has 8 nitrogen and oxygen atoms in total. The molecule has 10 heteroatoms. The number of nitro benzene ring substituents is 1. The van der Waals surface area contributed by atoms with Crippen LogP contribution < -0.4 is 0 Å². The van der Waals surface area contributed by atoms with Crippen molar-refractivity contribution in [3.05, 3.63) is 80.5 Å². The maximum absolute atomic E-state index is 13.1. The minimum atomic E-state index is -1.47. The number of nitrogens with zero attached hydrogens (tertiary/aromatic N) is 2. The van der Waals surface area contributed by atoms with Crippen LogP contribution in [0.25, 0.3) is 10.4 Å². The van der Waals surface area contributed by atoms with E-state index < -0.39 is 33.7 Å². The van der Waals surface area contributed by atoms with Gasteiger partial charge in [0, 0.05) is 28.3 Å². The molecule has 0 amide bonds. The summed E-state index contributed by atoms with van der Waals surface area (Å²) < 4.78 is 13.1. The molecular formula is C21H15FN2O6S. The minimum absolute atomic E-state index is 0.0465. The van der Waals surface area contributed by atoms with E-state index in [1.54, 1.807) is 12.3 Å². The van der Waals surface area contributed by atoms with Crippen LogP contribution in [0, 0.1) is 15.9 Å². The SMILES string of the molecule is CC(=NCC(=O)c1ccc(C(=O)O)c([N+](=O)[O-])c1)c1csc(-c2ccc(F)cc2)c1O. The Hall–Kier alpha value is -3.92. The Kier molecular flexibility index (Phi) is 6.21. The number of nitro groups is 1. The first-order valence-corrected chi connectivity index (χ1v) is 9.69. The molecule has 0 bridgehead atoms. The van der Waals surface area contributed by atoms with Gasteiger partial charge in [-0.15, -0.1) is 11.3 Å². The molecule has 0 saturated heterocycles. The van der Waals surface area contributed by atoms with Crippen LogP contribution in [-0.2, 0) is 0 Å². The third-order valence-electron chi connectivity index (χ3n) is 4.47. The van der Waals surface area contributed by atoms with Crippen molar-refractivity contribution < 1.29 is 29.1 Å². The molecule has 0 unspecified atom stereocenters. The number of aliphatic imine (C=N–C) groups is 1. The quantitative estimate of drug-likeness (QED) is 0.239. The molecule has 0 spiro atoms. The van der Waals surface area contributed by atoms with Crippen molar-refractivity contribution in [3.8, 4) is 16.2 Å². The van der Waals surface area contributed by atoms with E-state index in [0.29, 0.717) is 21.7 Å². The Morgan fingerprint density at radius 2 is 1.84 bits per heavy atom. The Morgan fingerprint density at radius 1 is 1.16 bits per heavy atom. The molecule has 0 aliphatic rings. The molecule has 1 aromatic heterocycles. The molecule has 0 radical (unpaired) electrons. The van der Waals surface area contributed by atoms with Gasteiger partial charge in [0.15, 0.2) is 5.78 Å². The van der Waals surface area contributed by atoms with E-state index in [1.165, 1.54) is 41.7 Å². The van der Waals surface area contributed by atoms with Crippen molar-refractivity contribution in [3.63, 3.8) is 0 Å². The second-order valence-corrected chi connectivity index (χ2v) is 7.33. The molecule has 0 aliphatic carbocycles. The summed E-state index contributed by atoms with van der Waals surface area (Å²) in [6.07, 6.45) is 0. The summed E-state index contributed by atoms with van der Waals surface area (Å²) >= 11 is 1.23. The van der Waals surface area contributed by atoms with E-state index in [9.17, 15) is 29.2 Å². The minimum Gasteiger partial charge on any atom is -0.506 e. The van der Waals surface area contributed by atoms with Gasteiger partial charge in [0.1, 0.15) is 23.7 Å². The lowest BCUT2D eigenvalue weighted by atomic mass is 10.1.